The van der Waals surface area contributed by atoms with Gasteiger partial charge in [-0.25, -0.2) is 0 Å². The summed E-state index contributed by atoms with van der Waals surface area (Å²) in [6.07, 6.45) is 3.10. The Kier molecular flexibility index (Phi) is 4.41. The van der Waals surface area contributed by atoms with Crippen molar-refractivity contribution in [2.75, 3.05) is 13.7 Å². The minimum Gasteiger partial charge on any atom is -0.383 e. The third-order valence-corrected chi connectivity index (χ3v) is 4.39. The summed E-state index contributed by atoms with van der Waals surface area (Å²) in [5.41, 5.74) is 10.5. The third kappa shape index (κ3) is 2.72. The van der Waals surface area contributed by atoms with E-state index in [0.717, 1.165) is 30.5 Å². The molecule has 0 amide bonds. The Morgan fingerprint density at radius 3 is 2.77 bits per heavy atom. The maximum atomic E-state index is 12.9. The second-order valence-corrected chi connectivity index (χ2v) is 5.76. The highest BCUT2D eigenvalue weighted by Gasteiger charge is 2.22. The molecule has 1 heterocycles. The number of hydrogen-bond donors (Lipinski definition) is 1. The summed E-state index contributed by atoms with van der Waals surface area (Å²) in [7, 11) is 1.66. The second-order valence-electron chi connectivity index (χ2n) is 5.76. The molecule has 0 fully saturated rings. The summed E-state index contributed by atoms with van der Waals surface area (Å²) in [5, 5.41) is 0. The van der Waals surface area contributed by atoms with Crippen molar-refractivity contribution in [1.82, 2.24) is 4.57 Å². The number of nitrogens with zero attached hydrogens (tertiary/aromatic N) is 1. The van der Waals surface area contributed by atoms with E-state index in [1.807, 2.05) is 41.0 Å². The van der Waals surface area contributed by atoms with Gasteiger partial charge in [-0.05, 0) is 36.5 Å². The standard InChI is InChI=1S/C18H22N2O2/c1-22-11-10-20-16-9-5-8-14(16)12-15(18(20)21)17(19)13-6-3-2-4-7-13/h2-4,6-7,12,17H,5,8-11,19H2,1H3. The number of nitrogens with two attached hydrogens (primary N) is 1. The zero-order chi connectivity index (χ0) is 15.5. The molecule has 4 nitrogen and oxygen atoms in total. The number of benzene rings is 1. The van der Waals surface area contributed by atoms with E-state index in [9.17, 15) is 4.79 Å². The molecule has 22 heavy (non-hydrogen) atoms. The van der Waals surface area contributed by atoms with E-state index in [-0.39, 0.29) is 11.6 Å². The summed E-state index contributed by atoms with van der Waals surface area (Å²) in [6, 6.07) is 11.4. The SMILES string of the molecule is COCCn1c2c(cc(C(N)c3ccccc3)c1=O)CCC2. The van der Waals surface area contributed by atoms with Gasteiger partial charge in [-0.15, -0.1) is 0 Å². The Balaban J connectivity index is 2.07. The molecular weight excluding hydrogens is 276 g/mol. The molecule has 1 aliphatic rings. The van der Waals surface area contributed by atoms with Gasteiger partial charge in [0.15, 0.2) is 0 Å². The molecule has 1 aromatic heterocycles. The predicted molar refractivity (Wildman–Crippen MR) is 87.1 cm³/mol. The summed E-state index contributed by atoms with van der Waals surface area (Å²) in [4.78, 5) is 12.9. The van der Waals surface area contributed by atoms with E-state index in [4.69, 9.17) is 10.5 Å². The fourth-order valence-corrected chi connectivity index (χ4v) is 3.22. The molecule has 0 radical (unpaired) electrons. The van der Waals surface area contributed by atoms with Gasteiger partial charge in [-0.3, -0.25) is 4.79 Å². The van der Waals surface area contributed by atoms with E-state index >= 15 is 0 Å². The number of aromatic nitrogens is 1. The average Bonchev–Trinajstić information content (AvgIpc) is 3.02. The Hall–Kier alpha value is -1.91. The van der Waals surface area contributed by atoms with Crippen LogP contribution in [-0.2, 0) is 24.1 Å². The fraction of sp³-hybridized carbons (Fsp3) is 0.389. The smallest absolute Gasteiger partial charge is 0.255 e. The molecule has 2 aromatic rings. The minimum atomic E-state index is -0.381. The minimum absolute atomic E-state index is 0.0223. The molecule has 0 aliphatic heterocycles. The van der Waals surface area contributed by atoms with E-state index in [2.05, 4.69) is 0 Å². The van der Waals surface area contributed by atoms with Crippen LogP contribution in [0.5, 0.6) is 0 Å². The van der Waals surface area contributed by atoms with Crippen LogP contribution in [0.25, 0.3) is 0 Å². The lowest BCUT2D eigenvalue weighted by Gasteiger charge is -2.18. The number of pyridine rings is 1. The van der Waals surface area contributed by atoms with Crippen molar-refractivity contribution in [1.29, 1.82) is 0 Å². The molecule has 2 N–H and O–H groups in total. The van der Waals surface area contributed by atoms with Crippen molar-refractivity contribution in [2.45, 2.75) is 31.8 Å². The number of rotatable bonds is 5. The summed E-state index contributed by atoms with van der Waals surface area (Å²) in [6.45, 7) is 1.13. The Morgan fingerprint density at radius 2 is 2.05 bits per heavy atom. The quantitative estimate of drug-likeness (QED) is 0.919. The van der Waals surface area contributed by atoms with Crippen LogP contribution in [0.15, 0.2) is 41.2 Å². The summed E-state index contributed by atoms with van der Waals surface area (Å²) in [5.74, 6) is 0. The van der Waals surface area contributed by atoms with Gasteiger partial charge in [0.05, 0.1) is 12.6 Å². The van der Waals surface area contributed by atoms with Gasteiger partial charge in [0.1, 0.15) is 0 Å². The maximum absolute atomic E-state index is 12.9. The number of fused-ring (bicyclic) bond motifs is 1. The van der Waals surface area contributed by atoms with Crippen LogP contribution in [0.3, 0.4) is 0 Å². The molecule has 0 spiro atoms. The molecule has 3 rings (SSSR count). The van der Waals surface area contributed by atoms with Gasteiger partial charge in [0.2, 0.25) is 0 Å². The van der Waals surface area contributed by atoms with Gasteiger partial charge >= 0.3 is 0 Å². The van der Waals surface area contributed by atoms with Crippen LogP contribution < -0.4 is 11.3 Å². The highest BCUT2D eigenvalue weighted by molar-refractivity contribution is 5.36. The van der Waals surface area contributed by atoms with Crippen LogP contribution in [-0.4, -0.2) is 18.3 Å². The monoisotopic (exact) mass is 298 g/mol. The van der Waals surface area contributed by atoms with Crippen molar-refractivity contribution in [2.24, 2.45) is 5.73 Å². The Labute approximate surface area is 130 Å². The van der Waals surface area contributed by atoms with E-state index in [0.29, 0.717) is 18.7 Å². The van der Waals surface area contributed by atoms with Crippen LogP contribution >= 0.6 is 0 Å². The first-order chi connectivity index (χ1) is 10.7. The highest BCUT2D eigenvalue weighted by Crippen LogP contribution is 2.25. The molecule has 0 saturated carbocycles. The molecule has 0 saturated heterocycles. The lowest BCUT2D eigenvalue weighted by atomic mass is 9.99. The van der Waals surface area contributed by atoms with Crippen molar-refractivity contribution in [3.8, 4) is 0 Å². The van der Waals surface area contributed by atoms with Crippen LogP contribution in [0, 0.1) is 0 Å². The number of hydrogen-bond acceptors (Lipinski definition) is 3. The molecule has 1 aliphatic carbocycles. The van der Waals surface area contributed by atoms with Gasteiger partial charge in [0.25, 0.3) is 5.56 Å². The van der Waals surface area contributed by atoms with E-state index in [1.54, 1.807) is 7.11 Å². The van der Waals surface area contributed by atoms with Gasteiger partial charge < -0.3 is 15.0 Å². The van der Waals surface area contributed by atoms with Crippen LogP contribution in [0.2, 0.25) is 0 Å². The van der Waals surface area contributed by atoms with E-state index < -0.39 is 0 Å². The normalized spacial score (nSPS) is 14.8. The lowest BCUT2D eigenvalue weighted by molar-refractivity contribution is 0.185. The first-order valence-corrected chi connectivity index (χ1v) is 7.77. The molecule has 1 unspecified atom stereocenters. The van der Waals surface area contributed by atoms with Crippen LogP contribution in [0.4, 0.5) is 0 Å². The molecule has 0 bridgehead atoms. The summed E-state index contributed by atoms with van der Waals surface area (Å²) >= 11 is 0. The lowest BCUT2D eigenvalue weighted by Crippen LogP contribution is -2.32. The number of ether oxygens (including phenoxy) is 1. The summed E-state index contributed by atoms with van der Waals surface area (Å²) < 4.78 is 7.02. The van der Waals surface area contributed by atoms with Crippen molar-refractivity contribution in [3.05, 3.63) is 69.1 Å². The largest absolute Gasteiger partial charge is 0.383 e. The number of methoxy groups -OCH3 is 1. The topological polar surface area (TPSA) is 57.2 Å². The van der Waals surface area contributed by atoms with Crippen molar-refractivity contribution >= 4 is 0 Å². The number of aryl methyl sites for hydroxylation is 1. The molecular formula is C18H22N2O2. The second kappa shape index (κ2) is 6.46. The molecule has 4 heteroatoms. The van der Waals surface area contributed by atoms with Crippen molar-refractivity contribution in [3.63, 3.8) is 0 Å². The Morgan fingerprint density at radius 1 is 1.27 bits per heavy atom. The zero-order valence-electron chi connectivity index (χ0n) is 12.9. The Bertz CT molecular complexity index is 707. The van der Waals surface area contributed by atoms with E-state index in [1.165, 1.54) is 5.56 Å². The first-order valence-electron chi connectivity index (χ1n) is 7.77. The van der Waals surface area contributed by atoms with Gasteiger partial charge in [-0.1, -0.05) is 30.3 Å². The third-order valence-electron chi connectivity index (χ3n) is 4.39. The zero-order valence-corrected chi connectivity index (χ0v) is 12.9. The highest BCUT2D eigenvalue weighted by atomic mass is 16.5. The maximum Gasteiger partial charge on any atom is 0.255 e. The molecule has 1 aromatic carbocycles. The first kappa shape index (κ1) is 15.0. The van der Waals surface area contributed by atoms with Gasteiger partial charge in [0, 0.05) is 24.9 Å². The fourth-order valence-electron chi connectivity index (χ4n) is 3.22. The van der Waals surface area contributed by atoms with Crippen molar-refractivity contribution < 1.29 is 4.74 Å². The van der Waals surface area contributed by atoms with Gasteiger partial charge in [-0.2, -0.15) is 0 Å². The molecule has 116 valence electrons. The van der Waals surface area contributed by atoms with Crippen LogP contribution in [0.1, 0.15) is 34.8 Å². The average molecular weight is 298 g/mol. The predicted octanol–water partition coefficient (Wildman–Crippen LogP) is 2.03. The molecule has 1 atom stereocenters.